The molecule has 1 aliphatic rings. The second kappa shape index (κ2) is 9.82. The number of amides is 2. The smallest absolute Gasteiger partial charge is 0.253 e. The van der Waals surface area contributed by atoms with Gasteiger partial charge in [-0.3, -0.25) is 9.59 Å². The van der Waals surface area contributed by atoms with Gasteiger partial charge in [0.2, 0.25) is 5.91 Å². The first-order chi connectivity index (χ1) is 13.5. The van der Waals surface area contributed by atoms with E-state index in [1.807, 2.05) is 36.4 Å². The van der Waals surface area contributed by atoms with Gasteiger partial charge >= 0.3 is 0 Å². The lowest BCUT2D eigenvalue weighted by Gasteiger charge is -2.26. The Bertz CT molecular complexity index is 809. The zero-order valence-corrected chi connectivity index (χ0v) is 17.2. The van der Waals surface area contributed by atoms with E-state index < -0.39 is 12.3 Å². The first kappa shape index (κ1) is 20.5. The van der Waals surface area contributed by atoms with Gasteiger partial charge in [-0.15, -0.1) is 0 Å². The molecule has 0 aliphatic carbocycles. The number of carbonyl (C=O) groups is 2. The molecule has 2 aromatic carbocycles. The van der Waals surface area contributed by atoms with Crippen LogP contribution in [0.25, 0.3) is 0 Å². The highest BCUT2D eigenvalue weighted by Crippen LogP contribution is 2.16. The van der Waals surface area contributed by atoms with Crippen molar-refractivity contribution in [2.24, 2.45) is 0 Å². The molecule has 0 unspecified atom stereocenters. The minimum Gasteiger partial charge on any atom is -0.348 e. The molecule has 2 amide bonds. The largest absolute Gasteiger partial charge is 0.348 e. The third kappa shape index (κ3) is 5.41. The molecule has 1 aliphatic heterocycles. The molecular weight excluding hydrogens is 424 g/mol. The fourth-order valence-corrected chi connectivity index (χ4v) is 3.49. The number of ether oxygens (including phenoxy) is 2. The van der Waals surface area contributed by atoms with E-state index in [9.17, 15) is 9.59 Å². The summed E-state index contributed by atoms with van der Waals surface area (Å²) < 4.78 is 11.5. The molecule has 0 saturated carbocycles. The molecule has 0 aromatic heterocycles. The van der Waals surface area contributed by atoms with E-state index in [1.165, 1.54) is 0 Å². The summed E-state index contributed by atoms with van der Waals surface area (Å²) in [6, 6.07) is 16.1. The minimum atomic E-state index is -0.701. The first-order valence-corrected chi connectivity index (χ1v) is 9.91. The van der Waals surface area contributed by atoms with Crippen molar-refractivity contribution >= 4 is 27.7 Å². The van der Waals surface area contributed by atoms with Crippen LogP contribution in [0.15, 0.2) is 59.1 Å². The van der Waals surface area contributed by atoms with Crippen LogP contribution in [-0.2, 0) is 20.7 Å². The summed E-state index contributed by atoms with van der Waals surface area (Å²) in [6.07, 6.45) is -0.0302. The Morgan fingerprint density at radius 2 is 1.75 bits per heavy atom. The van der Waals surface area contributed by atoms with Gasteiger partial charge in [0.25, 0.3) is 5.91 Å². The Hall–Kier alpha value is -2.22. The Labute approximate surface area is 172 Å². The van der Waals surface area contributed by atoms with E-state index in [0.29, 0.717) is 36.2 Å². The Morgan fingerprint density at radius 1 is 1.11 bits per heavy atom. The fraction of sp³-hybridized carbons (Fsp3) is 0.333. The zero-order chi connectivity index (χ0) is 19.9. The van der Waals surface area contributed by atoms with Gasteiger partial charge in [0.15, 0.2) is 6.29 Å². The molecule has 0 spiro atoms. The number of rotatable bonds is 7. The third-order valence-electron chi connectivity index (χ3n) is 4.49. The number of likely N-dealkylation sites (N-methyl/N-ethyl adjacent to an activating group) is 1. The Balaban J connectivity index is 1.75. The highest BCUT2D eigenvalue weighted by Gasteiger charge is 2.28. The van der Waals surface area contributed by atoms with Gasteiger partial charge in [-0.1, -0.05) is 42.5 Å². The number of nitrogens with one attached hydrogen (secondary N) is 1. The lowest BCUT2D eigenvalue weighted by atomic mass is 10.0. The van der Waals surface area contributed by atoms with Gasteiger partial charge in [0.1, 0.15) is 6.04 Å². The predicted molar refractivity (Wildman–Crippen MR) is 109 cm³/mol. The maximum atomic E-state index is 13.1. The molecular formula is C21H23BrN2O4. The lowest BCUT2D eigenvalue weighted by molar-refractivity contribution is -0.137. The summed E-state index contributed by atoms with van der Waals surface area (Å²) in [5.74, 6) is -0.494. The molecule has 148 valence electrons. The summed E-state index contributed by atoms with van der Waals surface area (Å²) in [6.45, 7) is 1.37. The molecule has 1 N–H and O–H groups in total. The van der Waals surface area contributed by atoms with Gasteiger partial charge in [0, 0.05) is 17.9 Å². The van der Waals surface area contributed by atoms with E-state index in [-0.39, 0.29) is 11.8 Å². The van der Waals surface area contributed by atoms with Crippen molar-refractivity contribution in [3.05, 3.63) is 70.2 Å². The second-order valence-electron chi connectivity index (χ2n) is 6.59. The van der Waals surface area contributed by atoms with Crippen molar-refractivity contribution in [3.8, 4) is 0 Å². The quantitative estimate of drug-likeness (QED) is 0.709. The zero-order valence-electron chi connectivity index (χ0n) is 15.6. The molecule has 1 heterocycles. The molecule has 0 bridgehead atoms. The van der Waals surface area contributed by atoms with Gasteiger partial charge in [-0.05, 0) is 33.6 Å². The molecule has 2 aromatic rings. The monoisotopic (exact) mass is 446 g/mol. The molecule has 7 heteroatoms. The van der Waals surface area contributed by atoms with E-state index in [1.54, 1.807) is 30.1 Å². The molecule has 3 rings (SSSR count). The number of carbonyl (C=O) groups excluding carboxylic acids is 2. The number of nitrogens with zero attached hydrogens (tertiary/aromatic N) is 1. The van der Waals surface area contributed by atoms with Crippen molar-refractivity contribution in [1.82, 2.24) is 10.2 Å². The molecule has 28 heavy (non-hydrogen) atoms. The molecule has 6 nitrogen and oxygen atoms in total. The predicted octanol–water partition coefficient (Wildman–Crippen LogP) is 2.62. The van der Waals surface area contributed by atoms with Crippen LogP contribution in [0.1, 0.15) is 15.9 Å². The highest BCUT2D eigenvalue weighted by molar-refractivity contribution is 9.10. The van der Waals surface area contributed by atoms with Gasteiger partial charge in [-0.25, -0.2) is 0 Å². The van der Waals surface area contributed by atoms with Crippen molar-refractivity contribution in [2.45, 2.75) is 18.8 Å². The highest BCUT2D eigenvalue weighted by atomic mass is 79.9. The summed E-state index contributed by atoms with van der Waals surface area (Å²) in [7, 11) is 1.69. The van der Waals surface area contributed by atoms with Crippen LogP contribution < -0.4 is 5.32 Å². The van der Waals surface area contributed by atoms with E-state index in [0.717, 1.165) is 5.56 Å². The SMILES string of the molecule is CN(CC1OCCO1)C(=O)[C@H](Cc1ccccc1)NC(=O)c1ccccc1Br. The van der Waals surface area contributed by atoms with E-state index >= 15 is 0 Å². The molecule has 1 atom stereocenters. The second-order valence-corrected chi connectivity index (χ2v) is 7.44. The third-order valence-corrected chi connectivity index (χ3v) is 5.19. The van der Waals surface area contributed by atoms with Gasteiger partial charge < -0.3 is 19.7 Å². The first-order valence-electron chi connectivity index (χ1n) is 9.12. The molecule has 1 saturated heterocycles. The van der Waals surface area contributed by atoms with Gasteiger partial charge in [-0.2, -0.15) is 0 Å². The Morgan fingerprint density at radius 3 is 2.43 bits per heavy atom. The number of benzene rings is 2. The van der Waals surface area contributed by atoms with E-state index in [4.69, 9.17) is 9.47 Å². The summed E-state index contributed by atoms with van der Waals surface area (Å²) in [5, 5.41) is 2.89. The summed E-state index contributed by atoms with van der Waals surface area (Å²) in [4.78, 5) is 27.4. The summed E-state index contributed by atoms with van der Waals surface area (Å²) >= 11 is 3.39. The average Bonchev–Trinajstić information content (AvgIpc) is 3.21. The Kier molecular flexibility index (Phi) is 7.19. The fourth-order valence-electron chi connectivity index (χ4n) is 3.02. The van der Waals surface area contributed by atoms with Crippen molar-refractivity contribution in [3.63, 3.8) is 0 Å². The average molecular weight is 447 g/mol. The summed E-state index contributed by atoms with van der Waals surface area (Å²) in [5.41, 5.74) is 1.45. The van der Waals surface area contributed by atoms with Crippen LogP contribution in [0.5, 0.6) is 0 Å². The number of halogens is 1. The number of hydrogen-bond donors (Lipinski definition) is 1. The van der Waals surface area contributed by atoms with Crippen molar-refractivity contribution in [1.29, 1.82) is 0 Å². The maximum Gasteiger partial charge on any atom is 0.253 e. The lowest BCUT2D eigenvalue weighted by Crippen LogP contribution is -2.50. The van der Waals surface area contributed by atoms with Crippen LogP contribution in [0.3, 0.4) is 0 Å². The molecule has 1 fully saturated rings. The van der Waals surface area contributed by atoms with Crippen LogP contribution in [0.2, 0.25) is 0 Å². The van der Waals surface area contributed by atoms with Gasteiger partial charge in [0.05, 0.1) is 25.3 Å². The van der Waals surface area contributed by atoms with Crippen LogP contribution in [-0.4, -0.2) is 55.9 Å². The van der Waals surface area contributed by atoms with Crippen molar-refractivity contribution < 1.29 is 19.1 Å². The van der Waals surface area contributed by atoms with Crippen LogP contribution >= 0.6 is 15.9 Å². The molecule has 0 radical (unpaired) electrons. The standard InChI is InChI=1S/C21H23BrN2O4/c1-24(14-19-27-11-12-28-19)21(26)18(13-15-7-3-2-4-8-15)23-20(25)16-9-5-6-10-17(16)22/h2-10,18-19H,11-14H2,1H3,(H,23,25)/t18-/m0/s1. The van der Waals surface area contributed by atoms with Crippen LogP contribution in [0, 0.1) is 0 Å². The van der Waals surface area contributed by atoms with Crippen molar-refractivity contribution in [2.75, 3.05) is 26.8 Å². The minimum absolute atomic E-state index is 0.191. The van der Waals surface area contributed by atoms with E-state index in [2.05, 4.69) is 21.2 Å². The maximum absolute atomic E-state index is 13.1. The normalized spacial score (nSPS) is 15.2. The topological polar surface area (TPSA) is 67.9 Å². The number of hydrogen-bond acceptors (Lipinski definition) is 4. The van der Waals surface area contributed by atoms with Crippen LogP contribution in [0.4, 0.5) is 0 Å².